The van der Waals surface area contributed by atoms with E-state index in [0.29, 0.717) is 13.2 Å². The van der Waals surface area contributed by atoms with Gasteiger partial charge in [0.15, 0.2) is 0 Å². The van der Waals surface area contributed by atoms with E-state index >= 15 is 0 Å². The van der Waals surface area contributed by atoms with Gasteiger partial charge in [0.1, 0.15) is 0 Å². The summed E-state index contributed by atoms with van der Waals surface area (Å²) in [7, 11) is 1.67. The van der Waals surface area contributed by atoms with Gasteiger partial charge in [-0.1, -0.05) is 0 Å². The molecular weight excluding hydrogens is 233 g/mol. The van der Waals surface area contributed by atoms with Crippen LogP contribution in [0.2, 0.25) is 0 Å². The van der Waals surface area contributed by atoms with Crippen molar-refractivity contribution in [3.8, 4) is 0 Å². The van der Waals surface area contributed by atoms with Crippen molar-refractivity contribution in [1.82, 2.24) is 0 Å². The molecule has 0 aromatic rings. The van der Waals surface area contributed by atoms with Gasteiger partial charge in [0.2, 0.25) is 0 Å². The van der Waals surface area contributed by atoms with Crippen molar-refractivity contribution in [3.05, 3.63) is 0 Å². The van der Waals surface area contributed by atoms with Crippen molar-refractivity contribution >= 4 is 0 Å². The molecule has 0 spiro atoms. The maximum absolute atomic E-state index is 5.28. The molecule has 58 valence electrons. The van der Waals surface area contributed by atoms with Crippen LogP contribution in [0.15, 0.2) is 0 Å². The second kappa shape index (κ2) is 8.61. The summed E-state index contributed by atoms with van der Waals surface area (Å²) < 4.78 is 11.6. The Morgan fingerprint density at radius 1 is 1.44 bits per heavy atom. The van der Waals surface area contributed by atoms with E-state index in [4.69, 9.17) is 15.2 Å². The van der Waals surface area contributed by atoms with E-state index in [1.165, 1.54) is 0 Å². The molecular formula is C5H13INO2-. The van der Waals surface area contributed by atoms with E-state index in [0.717, 1.165) is 9.17 Å². The number of halogens is 1. The van der Waals surface area contributed by atoms with Crippen molar-refractivity contribution < 1.29 is 30.7 Å². The number of ether oxygens (including phenoxy) is 2. The average Bonchev–Trinajstić information content (AvgIpc) is 1.89. The normalized spacial score (nSPS) is 10.4. The van der Waals surface area contributed by atoms with E-state index in [9.17, 15) is 0 Å². The topological polar surface area (TPSA) is 44.5 Å². The first kappa shape index (κ1) is 9.61. The molecule has 0 aliphatic carbocycles. The van der Waals surface area contributed by atoms with Gasteiger partial charge in [0.05, 0.1) is 0 Å². The molecule has 3 nitrogen and oxygen atoms in total. The summed E-state index contributed by atoms with van der Waals surface area (Å²) in [4.78, 5) is 0. The minimum atomic E-state index is 0.110. The molecule has 0 heterocycles. The van der Waals surface area contributed by atoms with Crippen LogP contribution < -0.4 is 26.9 Å². The molecule has 0 rings (SSSR count). The second-order valence-electron chi connectivity index (χ2n) is 1.35. The molecule has 0 aliphatic heterocycles. The van der Waals surface area contributed by atoms with E-state index in [1.54, 1.807) is 7.11 Å². The Hall–Kier alpha value is 0.610. The standard InChI is InChI=1S/C5H13INO2/c1-8-2-3-9-5-6-4-7/h2-5,7H2,1H3/q-1. The Kier molecular flexibility index (Phi) is 9.19. The fraction of sp³-hybridized carbons (Fsp3) is 1.00. The zero-order valence-corrected chi connectivity index (χ0v) is 7.76. The maximum atomic E-state index is 5.28. The van der Waals surface area contributed by atoms with Crippen molar-refractivity contribution in [3.63, 3.8) is 0 Å². The third-order valence-electron chi connectivity index (χ3n) is 0.695. The number of methoxy groups -OCH3 is 1. The molecule has 0 unspecified atom stereocenters. The molecule has 0 saturated heterocycles. The predicted octanol–water partition coefficient (Wildman–Crippen LogP) is -3.39. The first-order valence-electron chi connectivity index (χ1n) is 2.72. The summed E-state index contributed by atoms with van der Waals surface area (Å²) in [5, 5.41) is 0. The average molecular weight is 246 g/mol. The van der Waals surface area contributed by atoms with Crippen LogP contribution in [0.5, 0.6) is 0 Å². The van der Waals surface area contributed by atoms with Gasteiger partial charge >= 0.3 is 65.9 Å². The fourth-order valence-corrected chi connectivity index (χ4v) is 1.17. The summed E-state index contributed by atoms with van der Waals surface area (Å²) >= 11 is 0.110. The number of rotatable bonds is 6. The summed E-state index contributed by atoms with van der Waals surface area (Å²) in [6.07, 6.45) is 0. The monoisotopic (exact) mass is 246 g/mol. The molecule has 9 heavy (non-hydrogen) atoms. The van der Waals surface area contributed by atoms with Gasteiger partial charge in [-0.25, -0.2) is 0 Å². The van der Waals surface area contributed by atoms with Gasteiger partial charge in [-0.05, 0) is 0 Å². The van der Waals surface area contributed by atoms with Crippen molar-refractivity contribution in [2.45, 2.75) is 0 Å². The van der Waals surface area contributed by atoms with Crippen LogP contribution in [0.1, 0.15) is 0 Å². The SMILES string of the molecule is COCCOC[I-]CN. The molecule has 0 aliphatic rings. The summed E-state index contributed by atoms with van der Waals surface area (Å²) in [5.74, 6) is 0. The van der Waals surface area contributed by atoms with Gasteiger partial charge in [-0.2, -0.15) is 0 Å². The van der Waals surface area contributed by atoms with Gasteiger partial charge in [0.25, 0.3) is 0 Å². The van der Waals surface area contributed by atoms with Gasteiger partial charge in [0, 0.05) is 0 Å². The summed E-state index contributed by atoms with van der Waals surface area (Å²) in [6, 6.07) is 0. The van der Waals surface area contributed by atoms with Crippen molar-refractivity contribution in [2.75, 3.05) is 29.5 Å². The Balaban J connectivity index is 2.60. The third-order valence-corrected chi connectivity index (χ3v) is 2.20. The predicted molar refractivity (Wildman–Crippen MR) is 31.7 cm³/mol. The Labute approximate surface area is 66.2 Å². The molecule has 0 aromatic carbocycles. The van der Waals surface area contributed by atoms with Gasteiger partial charge in [-0.15, -0.1) is 0 Å². The first-order valence-corrected chi connectivity index (χ1v) is 5.77. The van der Waals surface area contributed by atoms with E-state index in [-0.39, 0.29) is 21.2 Å². The molecule has 0 fully saturated rings. The van der Waals surface area contributed by atoms with E-state index in [1.807, 2.05) is 0 Å². The van der Waals surface area contributed by atoms with Crippen LogP contribution in [-0.2, 0) is 9.47 Å². The molecule has 2 N–H and O–H groups in total. The molecule has 0 amide bonds. The zero-order chi connectivity index (χ0) is 6.95. The van der Waals surface area contributed by atoms with Crippen LogP contribution >= 0.6 is 0 Å². The van der Waals surface area contributed by atoms with Gasteiger partial charge < -0.3 is 0 Å². The van der Waals surface area contributed by atoms with E-state index in [2.05, 4.69) is 0 Å². The van der Waals surface area contributed by atoms with Crippen molar-refractivity contribution in [2.24, 2.45) is 5.73 Å². The Bertz CT molecular complexity index is 48.2. The first-order chi connectivity index (χ1) is 4.41. The van der Waals surface area contributed by atoms with Crippen molar-refractivity contribution in [1.29, 1.82) is 0 Å². The molecule has 0 radical (unpaired) electrons. The van der Waals surface area contributed by atoms with Crippen LogP contribution in [-0.4, -0.2) is 29.5 Å². The Morgan fingerprint density at radius 3 is 2.78 bits per heavy atom. The minimum absolute atomic E-state index is 0.110. The number of alkyl halides is 2. The number of nitrogens with two attached hydrogens (primary N) is 1. The summed E-state index contributed by atoms with van der Waals surface area (Å²) in [5.41, 5.74) is 5.28. The van der Waals surface area contributed by atoms with Crippen LogP contribution in [0.3, 0.4) is 0 Å². The second-order valence-corrected chi connectivity index (χ2v) is 3.94. The van der Waals surface area contributed by atoms with Crippen LogP contribution in [0, 0.1) is 0 Å². The molecule has 0 bridgehead atoms. The third kappa shape index (κ3) is 8.61. The fourth-order valence-electron chi connectivity index (χ4n) is 0.296. The van der Waals surface area contributed by atoms with Crippen LogP contribution in [0.25, 0.3) is 0 Å². The Morgan fingerprint density at radius 2 is 2.22 bits per heavy atom. The van der Waals surface area contributed by atoms with E-state index < -0.39 is 0 Å². The summed E-state index contributed by atoms with van der Waals surface area (Å²) in [6.45, 7) is 1.39. The molecule has 4 heteroatoms. The molecule has 0 atom stereocenters. The zero-order valence-electron chi connectivity index (χ0n) is 5.60. The quantitative estimate of drug-likeness (QED) is 0.230. The number of hydrogen-bond acceptors (Lipinski definition) is 3. The van der Waals surface area contributed by atoms with Gasteiger partial charge in [-0.3, -0.25) is 0 Å². The number of hydrogen-bond donors (Lipinski definition) is 1. The van der Waals surface area contributed by atoms with Crippen LogP contribution in [0.4, 0.5) is 0 Å². The molecule has 0 aromatic heterocycles. The molecule has 0 saturated carbocycles.